The van der Waals surface area contributed by atoms with E-state index in [4.69, 9.17) is 34.8 Å². The molecule has 7 nitrogen and oxygen atoms in total. The molecule has 0 aliphatic heterocycles. The lowest BCUT2D eigenvalue weighted by atomic mass is 10.0. The molecule has 0 bridgehead atoms. The minimum absolute atomic E-state index is 0.0523. The number of hydrogen-bond donors (Lipinski definition) is 3. The van der Waals surface area contributed by atoms with Crippen LogP contribution in [-0.2, 0) is 4.79 Å². The first-order chi connectivity index (χ1) is 13.8. The third-order valence-corrected chi connectivity index (χ3v) is 5.14. The molecule has 3 rings (SSSR count). The standard InChI is InChI=1S/C19H14Cl3N3O4/c20-10-3-1-4-11(7-10)25-16(26)8-15(24-25)19(29)23-14(9-17(27)28)12-5-2-6-13(21)18(12)22/h1-8,14,24H,9H2,(H,23,29)(H,27,28). The maximum absolute atomic E-state index is 12.7. The highest BCUT2D eigenvalue weighted by Gasteiger charge is 2.23. The fourth-order valence-electron chi connectivity index (χ4n) is 2.76. The molecular formula is C19H14Cl3N3O4. The number of carbonyl (C=O) groups is 2. The molecule has 0 spiro atoms. The van der Waals surface area contributed by atoms with E-state index in [1.165, 1.54) is 0 Å². The Morgan fingerprint density at radius 2 is 1.83 bits per heavy atom. The van der Waals surface area contributed by atoms with Gasteiger partial charge in [0.1, 0.15) is 5.69 Å². The Bertz CT molecular complexity index is 1140. The zero-order chi connectivity index (χ0) is 21.1. The second-order valence-corrected chi connectivity index (χ2v) is 7.31. The summed E-state index contributed by atoms with van der Waals surface area (Å²) in [5.41, 5.74) is 0.268. The maximum Gasteiger partial charge on any atom is 0.305 e. The molecule has 1 heterocycles. The highest BCUT2D eigenvalue weighted by atomic mass is 35.5. The molecule has 150 valence electrons. The number of carboxylic acids is 1. The van der Waals surface area contributed by atoms with Crippen molar-refractivity contribution in [2.75, 3.05) is 0 Å². The summed E-state index contributed by atoms with van der Waals surface area (Å²) in [4.78, 5) is 36.2. The molecular weight excluding hydrogens is 441 g/mol. The molecule has 29 heavy (non-hydrogen) atoms. The number of aliphatic carboxylic acids is 1. The van der Waals surface area contributed by atoms with E-state index >= 15 is 0 Å². The van der Waals surface area contributed by atoms with Crippen molar-refractivity contribution < 1.29 is 14.7 Å². The number of benzene rings is 2. The second kappa shape index (κ2) is 8.73. The van der Waals surface area contributed by atoms with Crippen LogP contribution in [0.5, 0.6) is 0 Å². The molecule has 1 unspecified atom stereocenters. The summed E-state index contributed by atoms with van der Waals surface area (Å²) in [6.07, 6.45) is -0.426. The number of carboxylic acid groups (broad SMARTS) is 1. The van der Waals surface area contributed by atoms with E-state index in [1.807, 2.05) is 0 Å². The van der Waals surface area contributed by atoms with Gasteiger partial charge < -0.3 is 10.4 Å². The van der Waals surface area contributed by atoms with Crippen LogP contribution in [0.4, 0.5) is 0 Å². The van der Waals surface area contributed by atoms with Crippen LogP contribution in [0.15, 0.2) is 53.3 Å². The van der Waals surface area contributed by atoms with Gasteiger partial charge in [-0.05, 0) is 29.8 Å². The topological polar surface area (TPSA) is 104 Å². The van der Waals surface area contributed by atoms with Crippen LogP contribution < -0.4 is 10.9 Å². The Morgan fingerprint density at radius 1 is 1.10 bits per heavy atom. The first-order valence-electron chi connectivity index (χ1n) is 8.31. The fraction of sp³-hybridized carbons (Fsp3) is 0.105. The molecule has 0 radical (unpaired) electrons. The van der Waals surface area contributed by atoms with Gasteiger partial charge in [-0.15, -0.1) is 0 Å². The van der Waals surface area contributed by atoms with Crippen molar-refractivity contribution >= 4 is 46.7 Å². The van der Waals surface area contributed by atoms with Gasteiger partial charge in [-0.2, -0.15) is 0 Å². The molecule has 0 fully saturated rings. The van der Waals surface area contributed by atoms with Gasteiger partial charge in [0.15, 0.2) is 0 Å². The van der Waals surface area contributed by atoms with Gasteiger partial charge in [0.25, 0.3) is 11.5 Å². The lowest BCUT2D eigenvalue weighted by molar-refractivity contribution is -0.137. The number of halogens is 3. The number of nitrogens with one attached hydrogen (secondary N) is 2. The SMILES string of the molecule is O=C(O)CC(NC(=O)c1cc(=O)n(-c2cccc(Cl)c2)[nH]1)c1cccc(Cl)c1Cl. The molecule has 1 aromatic heterocycles. The van der Waals surface area contributed by atoms with Gasteiger partial charge in [0.05, 0.1) is 28.2 Å². The van der Waals surface area contributed by atoms with Gasteiger partial charge in [0, 0.05) is 11.1 Å². The van der Waals surface area contributed by atoms with Crippen LogP contribution in [0.2, 0.25) is 15.1 Å². The molecule has 3 N–H and O–H groups in total. The lowest BCUT2D eigenvalue weighted by Gasteiger charge is -2.18. The van der Waals surface area contributed by atoms with Crippen LogP contribution >= 0.6 is 34.8 Å². The predicted octanol–water partition coefficient (Wildman–Crippen LogP) is 4.07. The summed E-state index contributed by atoms with van der Waals surface area (Å²) < 4.78 is 1.15. The van der Waals surface area contributed by atoms with Gasteiger partial charge in [-0.1, -0.05) is 53.0 Å². The van der Waals surface area contributed by atoms with Crippen molar-refractivity contribution in [2.45, 2.75) is 12.5 Å². The normalized spacial score (nSPS) is 11.8. The average molecular weight is 455 g/mol. The lowest BCUT2D eigenvalue weighted by Crippen LogP contribution is -2.30. The molecule has 1 atom stereocenters. The molecule has 1 amide bonds. The summed E-state index contributed by atoms with van der Waals surface area (Å²) in [7, 11) is 0. The van der Waals surface area contributed by atoms with Crippen molar-refractivity contribution in [3.63, 3.8) is 0 Å². The van der Waals surface area contributed by atoms with Crippen LogP contribution in [0.1, 0.15) is 28.5 Å². The minimum Gasteiger partial charge on any atom is -0.481 e. The Morgan fingerprint density at radius 3 is 2.52 bits per heavy atom. The van der Waals surface area contributed by atoms with E-state index in [-0.39, 0.29) is 15.7 Å². The summed E-state index contributed by atoms with van der Waals surface area (Å²) in [6, 6.07) is 11.4. The largest absolute Gasteiger partial charge is 0.481 e. The van der Waals surface area contributed by atoms with Crippen molar-refractivity contribution in [1.29, 1.82) is 0 Å². The third-order valence-electron chi connectivity index (χ3n) is 4.07. The van der Waals surface area contributed by atoms with E-state index in [0.717, 1.165) is 10.7 Å². The smallest absolute Gasteiger partial charge is 0.305 e. The molecule has 0 saturated carbocycles. The zero-order valence-corrected chi connectivity index (χ0v) is 16.9. The molecule has 0 saturated heterocycles. The third kappa shape index (κ3) is 4.82. The van der Waals surface area contributed by atoms with Crippen molar-refractivity contribution in [3.05, 3.63) is 85.2 Å². The number of rotatable bonds is 6. The zero-order valence-electron chi connectivity index (χ0n) is 14.7. The van der Waals surface area contributed by atoms with Crippen LogP contribution in [0.25, 0.3) is 5.69 Å². The van der Waals surface area contributed by atoms with Gasteiger partial charge in [-0.3, -0.25) is 19.5 Å². The van der Waals surface area contributed by atoms with E-state index in [0.29, 0.717) is 16.3 Å². The van der Waals surface area contributed by atoms with Crippen LogP contribution in [0, 0.1) is 0 Å². The molecule has 10 heteroatoms. The van der Waals surface area contributed by atoms with Crippen molar-refractivity contribution in [1.82, 2.24) is 15.1 Å². The predicted molar refractivity (Wildman–Crippen MR) is 110 cm³/mol. The van der Waals surface area contributed by atoms with Crippen LogP contribution in [-0.4, -0.2) is 26.8 Å². The second-order valence-electron chi connectivity index (χ2n) is 6.09. The quantitative estimate of drug-likeness (QED) is 0.522. The number of H-pyrrole nitrogens is 1. The fourth-order valence-corrected chi connectivity index (χ4v) is 3.38. The Balaban J connectivity index is 1.91. The Hall–Kier alpha value is -2.74. The number of aromatic nitrogens is 2. The summed E-state index contributed by atoms with van der Waals surface area (Å²) in [6.45, 7) is 0. The average Bonchev–Trinajstić information content (AvgIpc) is 3.05. The number of nitrogens with zero attached hydrogens (tertiary/aromatic N) is 1. The first-order valence-corrected chi connectivity index (χ1v) is 9.44. The first kappa shape index (κ1) is 21.0. The summed E-state index contributed by atoms with van der Waals surface area (Å²) in [5, 5.41) is 15.3. The van der Waals surface area contributed by atoms with E-state index in [9.17, 15) is 19.5 Å². The number of amides is 1. The van der Waals surface area contributed by atoms with Gasteiger partial charge in [-0.25, -0.2) is 4.68 Å². The highest BCUT2D eigenvalue weighted by Crippen LogP contribution is 2.31. The molecule has 3 aromatic rings. The highest BCUT2D eigenvalue weighted by molar-refractivity contribution is 6.42. The van der Waals surface area contributed by atoms with Crippen molar-refractivity contribution in [3.8, 4) is 5.69 Å². The number of aromatic amines is 1. The minimum atomic E-state index is -1.14. The van der Waals surface area contributed by atoms with Gasteiger partial charge >= 0.3 is 5.97 Å². The number of hydrogen-bond acceptors (Lipinski definition) is 3. The maximum atomic E-state index is 12.7. The monoisotopic (exact) mass is 453 g/mol. The van der Waals surface area contributed by atoms with Gasteiger partial charge in [0.2, 0.25) is 0 Å². The van der Waals surface area contributed by atoms with Crippen molar-refractivity contribution in [2.24, 2.45) is 0 Å². The van der Waals surface area contributed by atoms with E-state index in [2.05, 4.69) is 10.4 Å². The Labute approximate surface area is 179 Å². The molecule has 0 aliphatic carbocycles. The summed E-state index contributed by atoms with van der Waals surface area (Å²) in [5.74, 6) is -1.82. The van der Waals surface area contributed by atoms with E-state index < -0.39 is 29.9 Å². The summed E-state index contributed by atoms with van der Waals surface area (Å²) >= 11 is 18.1. The number of carbonyl (C=O) groups excluding carboxylic acids is 1. The van der Waals surface area contributed by atoms with E-state index in [1.54, 1.807) is 42.5 Å². The molecule has 2 aromatic carbocycles. The molecule has 0 aliphatic rings. The Kier molecular flexibility index (Phi) is 6.32. The van der Waals surface area contributed by atoms with Crippen LogP contribution in [0.3, 0.4) is 0 Å².